The first-order valence-corrected chi connectivity index (χ1v) is 9.05. The fourth-order valence-electron chi connectivity index (χ4n) is 3.77. The summed E-state index contributed by atoms with van der Waals surface area (Å²) in [5.41, 5.74) is 0. The van der Waals surface area contributed by atoms with Crippen molar-refractivity contribution in [1.82, 2.24) is 24.9 Å². The van der Waals surface area contributed by atoms with Crippen LogP contribution in [0.15, 0.2) is 4.42 Å². The second kappa shape index (κ2) is 7.61. The second-order valence-electron chi connectivity index (χ2n) is 7.12. The minimum absolute atomic E-state index is 0.277. The van der Waals surface area contributed by atoms with Crippen LogP contribution in [-0.2, 0) is 4.79 Å². The zero-order valence-electron chi connectivity index (χ0n) is 15.1. The second-order valence-corrected chi connectivity index (χ2v) is 7.12. The van der Waals surface area contributed by atoms with Crippen molar-refractivity contribution < 1.29 is 9.21 Å². The van der Waals surface area contributed by atoms with Gasteiger partial charge in [-0.3, -0.25) is 9.69 Å². The fraction of sp³-hybridized carbons (Fsp3) is 0.824. The molecule has 0 spiro atoms. The van der Waals surface area contributed by atoms with Crippen molar-refractivity contribution in [3.8, 4) is 0 Å². The standard InChI is InChI=1S/C17H29N5O2/c1-13-15(17-19-18-14(2)24-17)5-4-7-21(13)8-6-16(23)22-11-9-20(3)10-12-22/h13,15H,4-12H2,1-3H3/t13-,15-/m0/s1. The van der Waals surface area contributed by atoms with E-state index in [1.807, 2.05) is 11.8 Å². The van der Waals surface area contributed by atoms with Crippen LogP contribution in [0.4, 0.5) is 0 Å². The van der Waals surface area contributed by atoms with Crippen molar-refractivity contribution >= 4 is 5.91 Å². The molecule has 1 aromatic rings. The number of carbonyl (C=O) groups excluding carboxylic acids is 1. The molecule has 2 fully saturated rings. The SMILES string of the molecule is Cc1nnc([C@H]2CCCN(CCC(=O)N3CCN(C)CC3)[C@H]2C)o1. The van der Waals surface area contributed by atoms with E-state index in [4.69, 9.17) is 4.42 Å². The molecule has 7 heteroatoms. The van der Waals surface area contributed by atoms with Crippen LogP contribution in [0.25, 0.3) is 0 Å². The minimum Gasteiger partial charge on any atom is -0.425 e. The molecule has 0 saturated carbocycles. The molecule has 3 heterocycles. The molecule has 0 unspecified atom stereocenters. The highest BCUT2D eigenvalue weighted by atomic mass is 16.4. The largest absolute Gasteiger partial charge is 0.425 e. The van der Waals surface area contributed by atoms with Crippen LogP contribution >= 0.6 is 0 Å². The van der Waals surface area contributed by atoms with Crippen LogP contribution in [0.5, 0.6) is 0 Å². The lowest BCUT2D eigenvalue weighted by Gasteiger charge is -2.38. The van der Waals surface area contributed by atoms with Gasteiger partial charge in [0.05, 0.1) is 5.92 Å². The van der Waals surface area contributed by atoms with Gasteiger partial charge in [0.1, 0.15) is 0 Å². The maximum atomic E-state index is 12.4. The number of rotatable bonds is 4. The molecule has 0 radical (unpaired) electrons. The number of amides is 1. The van der Waals surface area contributed by atoms with Gasteiger partial charge in [-0.25, -0.2) is 0 Å². The van der Waals surface area contributed by atoms with E-state index in [1.54, 1.807) is 0 Å². The molecule has 1 amide bonds. The summed E-state index contributed by atoms with van der Waals surface area (Å²) in [6.45, 7) is 9.56. The summed E-state index contributed by atoms with van der Waals surface area (Å²) in [7, 11) is 2.11. The quantitative estimate of drug-likeness (QED) is 0.821. The van der Waals surface area contributed by atoms with E-state index in [1.165, 1.54) is 0 Å². The highest BCUT2D eigenvalue weighted by Gasteiger charge is 2.33. The van der Waals surface area contributed by atoms with Crippen LogP contribution in [-0.4, -0.2) is 83.2 Å². The average molecular weight is 335 g/mol. The third-order valence-electron chi connectivity index (χ3n) is 5.45. The number of piperidine rings is 1. The Bertz CT molecular complexity index is 553. The summed E-state index contributed by atoms with van der Waals surface area (Å²) >= 11 is 0. The molecule has 0 N–H and O–H groups in total. The highest BCUT2D eigenvalue weighted by molar-refractivity contribution is 5.76. The number of aromatic nitrogens is 2. The van der Waals surface area contributed by atoms with E-state index in [0.29, 0.717) is 18.4 Å². The predicted octanol–water partition coefficient (Wildman–Crippen LogP) is 1.11. The number of nitrogens with zero attached hydrogens (tertiary/aromatic N) is 5. The van der Waals surface area contributed by atoms with Crippen LogP contribution < -0.4 is 0 Å². The summed E-state index contributed by atoms with van der Waals surface area (Å²) in [5.74, 6) is 1.93. The number of aryl methyl sites for hydroxylation is 1. The Balaban J connectivity index is 1.52. The normalized spacial score (nSPS) is 26.7. The fourth-order valence-corrected chi connectivity index (χ4v) is 3.77. The molecule has 134 valence electrons. The number of piperazine rings is 1. The van der Waals surface area contributed by atoms with Crippen molar-refractivity contribution in [2.45, 2.75) is 45.1 Å². The molecule has 7 nitrogen and oxygen atoms in total. The van der Waals surface area contributed by atoms with E-state index in [-0.39, 0.29) is 11.8 Å². The Hall–Kier alpha value is -1.47. The van der Waals surface area contributed by atoms with Gasteiger partial charge in [-0.2, -0.15) is 0 Å². The third-order valence-corrected chi connectivity index (χ3v) is 5.45. The molecular formula is C17H29N5O2. The van der Waals surface area contributed by atoms with Crippen molar-refractivity contribution in [1.29, 1.82) is 0 Å². The van der Waals surface area contributed by atoms with E-state index in [9.17, 15) is 4.79 Å². The first-order chi connectivity index (χ1) is 11.5. The number of hydrogen-bond donors (Lipinski definition) is 0. The highest BCUT2D eigenvalue weighted by Crippen LogP contribution is 2.31. The van der Waals surface area contributed by atoms with Gasteiger partial charge in [0.2, 0.25) is 17.7 Å². The lowest BCUT2D eigenvalue weighted by Crippen LogP contribution is -2.48. The number of likely N-dealkylation sites (N-methyl/N-ethyl adjacent to an activating group) is 1. The molecule has 3 rings (SSSR count). The Labute approximate surface area is 144 Å². The molecule has 0 bridgehead atoms. The van der Waals surface area contributed by atoms with Crippen molar-refractivity contribution in [2.75, 3.05) is 46.3 Å². The van der Waals surface area contributed by atoms with Gasteiger partial charge < -0.3 is 14.2 Å². The molecule has 2 atom stereocenters. The first kappa shape index (κ1) is 17.4. The van der Waals surface area contributed by atoms with E-state index in [0.717, 1.165) is 58.0 Å². The lowest BCUT2D eigenvalue weighted by molar-refractivity contribution is -0.133. The monoisotopic (exact) mass is 335 g/mol. The van der Waals surface area contributed by atoms with Gasteiger partial charge in [-0.05, 0) is 33.4 Å². The van der Waals surface area contributed by atoms with E-state index < -0.39 is 0 Å². The summed E-state index contributed by atoms with van der Waals surface area (Å²) in [4.78, 5) is 19.1. The van der Waals surface area contributed by atoms with Crippen LogP contribution in [0.3, 0.4) is 0 Å². The summed E-state index contributed by atoms with van der Waals surface area (Å²) in [5, 5.41) is 8.17. The summed E-state index contributed by atoms with van der Waals surface area (Å²) in [6.07, 6.45) is 2.79. The van der Waals surface area contributed by atoms with E-state index >= 15 is 0 Å². The van der Waals surface area contributed by atoms with Gasteiger partial charge in [0, 0.05) is 52.1 Å². The van der Waals surface area contributed by atoms with Crippen molar-refractivity contribution in [3.05, 3.63) is 11.8 Å². The molecule has 1 aromatic heterocycles. The minimum atomic E-state index is 0.277. The van der Waals surface area contributed by atoms with Gasteiger partial charge >= 0.3 is 0 Å². The van der Waals surface area contributed by atoms with Crippen LogP contribution in [0.2, 0.25) is 0 Å². The maximum absolute atomic E-state index is 12.4. The van der Waals surface area contributed by atoms with Gasteiger partial charge in [-0.1, -0.05) is 0 Å². The molecule has 0 aromatic carbocycles. The third kappa shape index (κ3) is 3.95. The van der Waals surface area contributed by atoms with Gasteiger partial charge in [0.25, 0.3) is 0 Å². The summed E-state index contributed by atoms with van der Waals surface area (Å²) in [6, 6.07) is 0.332. The number of carbonyl (C=O) groups is 1. The molecule has 2 saturated heterocycles. The molecule has 24 heavy (non-hydrogen) atoms. The van der Waals surface area contributed by atoms with E-state index in [2.05, 4.69) is 34.0 Å². The topological polar surface area (TPSA) is 65.7 Å². The Morgan fingerprint density at radius 1 is 1.21 bits per heavy atom. The zero-order valence-corrected chi connectivity index (χ0v) is 15.1. The lowest BCUT2D eigenvalue weighted by atomic mass is 9.90. The first-order valence-electron chi connectivity index (χ1n) is 9.05. The Kier molecular flexibility index (Phi) is 5.50. The number of hydrogen-bond acceptors (Lipinski definition) is 6. The van der Waals surface area contributed by atoms with Crippen LogP contribution in [0, 0.1) is 6.92 Å². The maximum Gasteiger partial charge on any atom is 0.223 e. The smallest absolute Gasteiger partial charge is 0.223 e. The molecular weight excluding hydrogens is 306 g/mol. The molecule has 2 aliphatic heterocycles. The van der Waals surface area contributed by atoms with Crippen molar-refractivity contribution in [2.24, 2.45) is 0 Å². The Morgan fingerprint density at radius 2 is 1.96 bits per heavy atom. The molecule has 0 aliphatic carbocycles. The van der Waals surface area contributed by atoms with Crippen molar-refractivity contribution in [3.63, 3.8) is 0 Å². The Morgan fingerprint density at radius 3 is 2.62 bits per heavy atom. The predicted molar refractivity (Wildman–Crippen MR) is 90.7 cm³/mol. The molecule has 2 aliphatic rings. The van der Waals surface area contributed by atoms with Gasteiger partial charge in [-0.15, -0.1) is 10.2 Å². The zero-order chi connectivity index (χ0) is 17.1. The summed E-state index contributed by atoms with van der Waals surface area (Å²) < 4.78 is 5.64. The van der Waals surface area contributed by atoms with Gasteiger partial charge in [0.15, 0.2) is 0 Å². The van der Waals surface area contributed by atoms with Crippen LogP contribution in [0.1, 0.15) is 43.9 Å². The number of likely N-dealkylation sites (tertiary alicyclic amines) is 1. The average Bonchev–Trinajstić information content (AvgIpc) is 3.00.